The molecule has 0 amide bonds. The molecule has 16 heavy (non-hydrogen) atoms. The molecule has 1 aromatic rings. The molecule has 0 aliphatic heterocycles. The van der Waals surface area contributed by atoms with E-state index >= 15 is 0 Å². The van der Waals surface area contributed by atoms with Crippen molar-refractivity contribution in [3.8, 4) is 6.07 Å². The lowest BCUT2D eigenvalue weighted by molar-refractivity contribution is 0.0216. The normalized spacial score (nSPS) is 13.3. The van der Waals surface area contributed by atoms with E-state index in [0.29, 0.717) is 11.3 Å². The topological polar surface area (TPSA) is 93.7 Å². The number of benzene rings is 1. The quantitative estimate of drug-likeness (QED) is 0.581. The molecule has 1 aromatic carbocycles. The summed E-state index contributed by atoms with van der Waals surface area (Å²) < 4.78 is 0. The molecule has 2 N–H and O–H groups in total. The molecule has 0 aliphatic rings. The van der Waals surface area contributed by atoms with Crippen LogP contribution in [-0.2, 0) is 4.79 Å². The standard InChI is InChI=1S/C11H10N2O3/c12-5-4-10(15)11(16)8-2-1-3-9(6-8)13-7-14/h1-3,6,10-11,15-16H,4H2. The average Bonchev–Trinajstić information content (AvgIpc) is 2.29. The number of nitriles is 1. The second kappa shape index (κ2) is 5.79. The van der Waals surface area contributed by atoms with E-state index in [1.165, 1.54) is 12.1 Å². The second-order valence-electron chi connectivity index (χ2n) is 3.17. The summed E-state index contributed by atoms with van der Waals surface area (Å²) in [4.78, 5) is 13.4. The van der Waals surface area contributed by atoms with Gasteiger partial charge in [-0.15, -0.1) is 0 Å². The minimum Gasteiger partial charge on any atom is -0.389 e. The Morgan fingerprint density at radius 2 is 2.19 bits per heavy atom. The van der Waals surface area contributed by atoms with E-state index in [-0.39, 0.29) is 6.42 Å². The summed E-state index contributed by atoms with van der Waals surface area (Å²) in [6.45, 7) is 0. The summed E-state index contributed by atoms with van der Waals surface area (Å²) >= 11 is 0. The largest absolute Gasteiger partial charge is 0.389 e. The summed E-state index contributed by atoms with van der Waals surface area (Å²) in [5, 5.41) is 27.5. The van der Waals surface area contributed by atoms with Gasteiger partial charge in [0.15, 0.2) is 0 Å². The van der Waals surface area contributed by atoms with Crippen molar-refractivity contribution in [1.82, 2.24) is 0 Å². The van der Waals surface area contributed by atoms with E-state index in [1.54, 1.807) is 24.3 Å². The fraction of sp³-hybridized carbons (Fsp3) is 0.273. The lowest BCUT2D eigenvalue weighted by Crippen LogP contribution is -2.17. The molecule has 2 unspecified atom stereocenters. The molecule has 5 nitrogen and oxygen atoms in total. The number of aliphatic hydroxyl groups excluding tert-OH is 2. The Hall–Kier alpha value is -1.99. The fourth-order valence-corrected chi connectivity index (χ4v) is 1.26. The Morgan fingerprint density at radius 1 is 1.44 bits per heavy atom. The fourth-order valence-electron chi connectivity index (χ4n) is 1.26. The number of nitrogens with zero attached hydrogens (tertiary/aromatic N) is 2. The van der Waals surface area contributed by atoms with Crippen molar-refractivity contribution < 1.29 is 15.0 Å². The van der Waals surface area contributed by atoms with Crippen LogP contribution in [0.4, 0.5) is 5.69 Å². The highest BCUT2D eigenvalue weighted by Gasteiger charge is 2.17. The van der Waals surface area contributed by atoms with Gasteiger partial charge in [0, 0.05) is 0 Å². The predicted octanol–water partition coefficient (Wildman–Crippen LogP) is 0.962. The molecule has 0 aliphatic carbocycles. The number of aliphatic hydroxyl groups is 2. The third-order valence-electron chi connectivity index (χ3n) is 2.05. The van der Waals surface area contributed by atoms with E-state index in [9.17, 15) is 15.0 Å². The van der Waals surface area contributed by atoms with Crippen LogP contribution in [0.15, 0.2) is 29.3 Å². The van der Waals surface area contributed by atoms with Crippen molar-refractivity contribution in [2.75, 3.05) is 0 Å². The second-order valence-corrected chi connectivity index (χ2v) is 3.17. The number of rotatable bonds is 4. The van der Waals surface area contributed by atoms with Gasteiger partial charge in [-0.2, -0.15) is 10.3 Å². The Balaban J connectivity index is 2.91. The van der Waals surface area contributed by atoms with Crippen molar-refractivity contribution in [3.63, 3.8) is 0 Å². The Bertz CT molecular complexity index is 447. The molecule has 0 fully saturated rings. The summed E-state index contributed by atoms with van der Waals surface area (Å²) in [6, 6.07) is 7.95. The van der Waals surface area contributed by atoms with Gasteiger partial charge in [0.05, 0.1) is 24.3 Å². The molecule has 0 aromatic heterocycles. The molecule has 0 spiro atoms. The summed E-state index contributed by atoms with van der Waals surface area (Å²) in [6.07, 6.45) is -1.10. The number of aliphatic imine (C=N–C) groups is 1. The Labute approximate surface area is 92.3 Å². The van der Waals surface area contributed by atoms with Crippen LogP contribution < -0.4 is 0 Å². The zero-order valence-corrected chi connectivity index (χ0v) is 8.37. The first-order chi connectivity index (χ1) is 7.69. The smallest absolute Gasteiger partial charge is 0.240 e. The van der Waals surface area contributed by atoms with Crippen LogP contribution in [0.5, 0.6) is 0 Å². The first-order valence-corrected chi connectivity index (χ1v) is 4.60. The van der Waals surface area contributed by atoms with Gasteiger partial charge in [0.1, 0.15) is 6.10 Å². The third-order valence-corrected chi connectivity index (χ3v) is 2.05. The van der Waals surface area contributed by atoms with Crippen LogP contribution >= 0.6 is 0 Å². The van der Waals surface area contributed by atoms with Crippen LogP contribution in [0.25, 0.3) is 0 Å². The van der Waals surface area contributed by atoms with Crippen molar-refractivity contribution in [3.05, 3.63) is 29.8 Å². The van der Waals surface area contributed by atoms with Gasteiger partial charge in [-0.1, -0.05) is 12.1 Å². The zero-order valence-electron chi connectivity index (χ0n) is 8.37. The van der Waals surface area contributed by atoms with Gasteiger partial charge >= 0.3 is 0 Å². The van der Waals surface area contributed by atoms with E-state index in [4.69, 9.17) is 5.26 Å². The van der Waals surface area contributed by atoms with E-state index in [0.717, 1.165) is 0 Å². The maximum Gasteiger partial charge on any atom is 0.240 e. The minimum atomic E-state index is -1.17. The third kappa shape index (κ3) is 3.01. The van der Waals surface area contributed by atoms with Crippen LogP contribution in [0, 0.1) is 11.3 Å². The predicted molar refractivity (Wildman–Crippen MR) is 55.4 cm³/mol. The Kier molecular flexibility index (Phi) is 4.37. The van der Waals surface area contributed by atoms with E-state index in [1.807, 2.05) is 0 Å². The molecule has 0 saturated heterocycles. The molecule has 0 heterocycles. The first kappa shape index (κ1) is 12.1. The molecule has 0 radical (unpaired) electrons. The van der Waals surface area contributed by atoms with E-state index < -0.39 is 12.2 Å². The highest BCUT2D eigenvalue weighted by Crippen LogP contribution is 2.22. The maximum absolute atomic E-state index is 10.0. The molecule has 82 valence electrons. The average molecular weight is 218 g/mol. The van der Waals surface area contributed by atoms with Crippen LogP contribution in [-0.4, -0.2) is 22.4 Å². The van der Waals surface area contributed by atoms with Gasteiger partial charge < -0.3 is 10.2 Å². The molecular formula is C11H10N2O3. The summed E-state index contributed by atoms with van der Waals surface area (Å²) in [5.74, 6) is 0. The van der Waals surface area contributed by atoms with Crippen LogP contribution in [0.3, 0.4) is 0 Å². The highest BCUT2D eigenvalue weighted by atomic mass is 16.3. The SMILES string of the molecule is N#CCC(O)C(O)c1cccc(N=C=O)c1. The van der Waals surface area contributed by atoms with Gasteiger partial charge in [-0.05, 0) is 17.7 Å². The molecular weight excluding hydrogens is 208 g/mol. The van der Waals surface area contributed by atoms with Gasteiger partial charge in [0.25, 0.3) is 0 Å². The van der Waals surface area contributed by atoms with Crippen molar-refractivity contribution in [2.24, 2.45) is 4.99 Å². The van der Waals surface area contributed by atoms with Crippen LogP contribution in [0.2, 0.25) is 0 Å². The van der Waals surface area contributed by atoms with E-state index in [2.05, 4.69) is 4.99 Å². The molecule has 5 heteroatoms. The van der Waals surface area contributed by atoms with Crippen LogP contribution in [0.1, 0.15) is 18.1 Å². The van der Waals surface area contributed by atoms with Gasteiger partial charge in [0.2, 0.25) is 6.08 Å². The number of hydrogen-bond acceptors (Lipinski definition) is 5. The van der Waals surface area contributed by atoms with Gasteiger partial charge in [-0.3, -0.25) is 0 Å². The molecule has 0 saturated carbocycles. The van der Waals surface area contributed by atoms with Crippen molar-refractivity contribution >= 4 is 11.8 Å². The number of carbonyl (C=O) groups excluding carboxylic acids is 1. The number of isocyanates is 1. The lowest BCUT2D eigenvalue weighted by atomic mass is 10.0. The monoisotopic (exact) mass is 218 g/mol. The molecule has 1 rings (SSSR count). The van der Waals surface area contributed by atoms with Crippen molar-refractivity contribution in [2.45, 2.75) is 18.6 Å². The Morgan fingerprint density at radius 3 is 2.81 bits per heavy atom. The lowest BCUT2D eigenvalue weighted by Gasteiger charge is -2.15. The molecule has 0 bridgehead atoms. The summed E-state index contributed by atoms with van der Waals surface area (Å²) in [5.41, 5.74) is 0.745. The number of hydrogen-bond donors (Lipinski definition) is 2. The van der Waals surface area contributed by atoms with Crippen molar-refractivity contribution in [1.29, 1.82) is 5.26 Å². The molecule has 2 atom stereocenters. The minimum absolute atomic E-state index is 0.164. The first-order valence-electron chi connectivity index (χ1n) is 4.60. The highest BCUT2D eigenvalue weighted by molar-refractivity contribution is 5.50. The maximum atomic E-state index is 10.0. The summed E-state index contributed by atoms with van der Waals surface area (Å²) in [7, 11) is 0. The zero-order chi connectivity index (χ0) is 12.0. The van der Waals surface area contributed by atoms with Gasteiger partial charge in [-0.25, -0.2) is 4.79 Å².